The second kappa shape index (κ2) is 6.31. The van der Waals surface area contributed by atoms with Crippen molar-refractivity contribution in [1.29, 1.82) is 0 Å². The summed E-state index contributed by atoms with van der Waals surface area (Å²) in [6.45, 7) is 0. The lowest BCUT2D eigenvalue weighted by atomic mass is 9.79. The number of hydrogen-bond donors (Lipinski definition) is 2. The lowest BCUT2D eigenvalue weighted by Crippen LogP contribution is -2.45. The van der Waals surface area contributed by atoms with E-state index in [2.05, 4.69) is 5.32 Å². The van der Waals surface area contributed by atoms with E-state index in [9.17, 15) is 9.18 Å². The molecule has 0 aromatic heterocycles. The Morgan fingerprint density at radius 2 is 1.70 bits per heavy atom. The zero-order valence-electron chi connectivity index (χ0n) is 11.3. The van der Waals surface area contributed by atoms with Crippen LogP contribution in [0.1, 0.15) is 38.5 Å². The minimum Gasteiger partial charge on any atom is -0.392 e. The molecule has 1 aromatic rings. The van der Waals surface area contributed by atoms with Crippen LogP contribution in [0.5, 0.6) is 0 Å². The third-order valence-electron chi connectivity index (χ3n) is 3.97. The van der Waals surface area contributed by atoms with Crippen molar-refractivity contribution in [2.45, 2.75) is 38.5 Å². The largest absolute Gasteiger partial charge is 0.392 e. The molecule has 3 nitrogen and oxygen atoms in total. The summed E-state index contributed by atoms with van der Waals surface area (Å²) in [4.78, 5) is 12.9. The van der Waals surface area contributed by atoms with Crippen molar-refractivity contribution >= 4 is 28.8 Å². The second-order valence-electron chi connectivity index (χ2n) is 5.32. The molecule has 1 aromatic carbocycles. The zero-order valence-corrected chi connectivity index (χ0v) is 12.1. The van der Waals surface area contributed by atoms with Crippen LogP contribution in [-0.2, 0) is 4.79 Å². The molecule has 5 heteroatoms. The fourth-order valence-corrected chi connectivity index (χ4v) is 3.00. The molecule has 0 radical (unpaired) electrons. The topological polar surface area (TPSA) is 55.1 Å². The van der Waals surface area contributed by atoms with Gasteiger partial charge < -0.3 is 11.1 Å². The van der Waals surface area contributed by atoms with Gasteiger partial charge in [-0.3, -0.25) is 4.79 Å². The van der Waals surface area contributed by atoms with Crippen LogP contribution in [0, 0.1) is 11.2 Å². The third kappa shape index (κ3) is 3.15. The molecule has 0 bridgehead atoms. The summed E-state index contributed by atoms with van der Waals surface area (Å²) in [7, 11) is 0. The summed E-state index contributed by atoms with van der Waals surface area (Å²) in [6, 6.07) is 5.71. The Balaban J connectivity index is 2.18. The minimum absolute atomic E-state index is 0.168. The zero-order chi connectivity index (χ0) is 14.6. The van der Waals surface area contributed by atoms with Crippen molar-refractivity contribution in [3.8, 4) is 0 Å². The SMILES string of the molecule is NC(=S)C1(C(=O)Nc2ccc(F)cc2)CCCCCC1. The Morgan fingerprint density at radius 1 is 1.15 bits per heavy atom. The Kier molecular flexibility index (Phi) is 4.70. The molecule has 1 aliphatic rings. The highest BCUT2D eigenvalue weighted by Gasteiger charge is 2.41. The van der Waals surface area contributed by atoms with Crippen LogP contribution >= 0.6 is 12.2 Å². The van der Waals surface area contributed by atoms with E-state index in [1.54, 1.807) is 0 Å². The smallest absolute Gasteiger partial charge is 0.237 e. The number of amides is 1. The summed E-state index contributed by atoms with van der Waals surface area (Å²) in [5.74, 6) is -0.500. The lowest BCUT2D eigenvalue weighted by molar-refractivity contribution is -0.122. The molecule has 1 fully saturated rings. The predicted molar refractivity (Wildman–Crippen MR) is 82.0 cm³/mol. The first-order chi connectivity index (χ1) is 9.54. The maximum absolute atomic E-state index is 12.9. The standard InChI is InChI=1S/C15H19FN2OS/c16-11-5-7-12(8-6-11)18-14(19)15(13(17)20)9-3-1-2-4-10-15/h5-8H,1-4,9-10H2,(H2,17,20)(H,18,19). The van der Waals surface area contributed by atoms with Crippen molar-refractivity contribution in [3.05, 3.63) is 30.1 Å². The Hall–Kier alpha value is -1.49. The molecule has 2 rings (SSSR count). The number of carbonyl (C=O) groups is 1. The van der Waals surface area contributed by atoms with Gasteiger partial charge in [0.1, 0.15) is 5.82 Å². The molecule has 0 spiro atoms. The second-order valence-corrected chi connectivity index (χ2v) is 5.76. The fourth-order valence-electron chi connectivity index (χ4n) is 2.70. The number of benzene rings is 1. The molecule has 1 amide bonds. The highest BCUT2D eigenvalue weighted by atomic mass is 32.1. The van der Waals surface area contributed by atoms with E-state index < -0.39 is 5.41 Å². The van der Waals surface area contributed by atoms with Crippen LogP contribution < -0.4 is 11.1 Å². The number of hydrogen-bond acceptors (Lipinski definition) is 2. The van der Waals surface area contributed by atoms with E-state index in [0.717, 1.165) is 25.7 Å². The Labute approximate surface area is 123 Å². The number of thiocarbonyl (C=S) groups is 1. The van der Waals surface area contributed by atoms with Crippen LogP contribution in [0.15, 0.2) is 24.3 Å². The molecular weight excluding hydrogens is 275 g/mol. The minimum atomic E-state index is -0.764. The highest BCUT2D eigenvalue weighted by Crippen LogP contribution is 2.36. The fraction of sp³-hybridized carbons (Fsp3) is 0.467. The molecule has 3 N–H and O–H groups in total. The van der Waals surface area contributed by atoms with Crippen LogP contribution in [0.2, 0.25) is 0 Å². The van der Waals surface area contributed by atoms with Gasteiger partial charge in [0.15, 0.2) is 0 Å². The average molecular weight is 294 g/mol. The van der Waals surface area contributed by atoms with Crippen LogP contribution in [0.25, 0.3) is 0 Å². The van der Waals surface area contributed by atoms with Crippen molar-refractivity contribution in [2.75, 3.05) is 5.32 Å². The van der Waals surface area contributed by atoms with Gasteiger partial charge in [0.05, 0.1) is 10.4 Å². The van der Waals surface area contributed by atoms with Gasteiger partial charge in [-0.25, -0.2) is 4.39 Å². The van der Waals surface area contributed by atoms with Crippen molar-refractivity contribution in [3.63, 3.8) is 0 Å². The Bertz CT molecular complexity index is 493. The molecule has 0 atom stereocenters. The number of nitrogens with two attached hydrogens (primary N) is 1. The third-order valence-corrected chi connectivity index (χ3v) is 4.36. The van der Waals surface area contributed by atoms with Gasteiger partial charge in [0.2, 0.25) is 5.91 Å². The van der Waals surface area contributed by atoms with Gasteiger partial charge in [0.25, 0.3) is 0 Å². The molecular formula is C15H19FN2OS. The molecule has 108 valence electrons. The van der Waals surface area contributed by atoms with Gasteiger partial charge in [-0.2, -0.15) is 0 Å². The monoisotopic (exact) mass is 294 g/mol. The molecule has 1 aliphatic carbocycles. The van der Waals surface area contributed by atoms with Gasteiger partial charge in [-0.1, -0.05) is 37.9 Å². The summed E-state index contributed by atoms with van der Waals surface area (Å²) in [5.41, 5.74) is 5.66. The first kappa shape index (κ1) is 14.9. The van der Waals surface area contributed by atoms with E-state index in [1.807, 2.05) is 0 Å². The molecule has 0 heterocycles. The van der Waals surface area contributed by atoms with Gasteiger partial charge in [-0.05, 0) is 37.1 Å². The summed E-state index contributed by atoms with van der Waals surface area (Å²) in [5, 5.41) is 2.82. The van der Waals surface area contributed by atoms with E-state index in [1.165, 1.54) is 24.3 Å². The molecule has 1 saturated carbocycles. The highest BCUT2D eigenvalue weighted by molar-refractivity contribution is 7.80. The molecule has 0 saturated heterocycles. The number of carbonyl (C=O) groups excluding carboxylic acids is 1. The van der Waals surface area contributed by atoms with Crippen LogP contribution in [-0.4, -0.2) is 10.9 Å². The predicted octanol–water partition coefficient (Wildman–Crippen LogP) is 3.39. The maximum Gasteiger partial charge on any atom is 0.237 e. The number of halogens is 1. The summed E-state index contributed by atoms with van der Waals surface area (Å²) >= 11 is 5.16. The lowest BCUT2D eigenvalue weighted by Gasteiger charge is -2.30. The van der Waals surface area contributed by atoms with Crippen molar-refractivity contribution in [2.24, 2.45) is 11.1 Å². The van der Waals surface area contributed by atoms with Crippen molar-refractivity contribution in [1.82, 2.24) is 0 Å². The molecule has 20 heavy (non-hydrogen) atoms. The maximum atomic E-state index is 12.9. The molecule has 0 unspecified atom stereocenters. The first-order valence-electron chi connectivity index (χ1n) is 6.91. The van der Waals surface area contributed by atoms with Crippen LogP contribution in [0.4, 0.5) is 10.1 Å². The summed E-state index contributed by atoms with van der Waals surface area (Å²) < 4.78 is 12.9. The summed E-state index contributed by atoms with van der Waals surface area (Å²) in [6.07, 6.45) is 5.50. The van der Waals surface area contributed by atoms with E-state index in [-0.39, 0.29) is 16.7 Å². The average Bonchev–Trinajstić information content (AvgIpc) is 2.68. The Morgan fingerprint density at radius 3 is 2.20 bits per heavy atom. The van der Waals surface area contributed by atoms with Crippen molar-refractivity contribution < 1.29 is 9.18 Å². The van der Waals surface area contributed by atoms with Crippen LogP contribution in [0.3, 0.4) is 0 Å². The van der Waals surface area contributed by atoms with E-state index >= 15 is 0 Å². The number of rotatable bonds is 3. The quantitative estimate of drug-likeness (QED) is 0.663. The van der Waals surface area contributed by atoms with E-state index in [4.69, 9.17) is 18.0 Å². The normalized spacial score (nSPS) is 18.1. The molecule has 0 aliphatic heterocycles. The first-order valence-corrected chi connectivity index (χ1v) is 7.32. The number of anilines is 1. The number of nitrogens with one attached hydrogen (secondary N) is 1. The van der Waals surface area contributed by atoms with E-state index in [0.29, 0.717) is 18.5 Å². The van der Waals surface area contributed by atoms with Gasteiger partial charge >= 0.3 is 0 Å². The van der Waals surface area contributed by atoms with Gasteiger partial charge in [0, 0.05) is 5.69 Å². The van der Waals surface area contributed by atoms with Gasteiger partial charge in [-0.15, -0.1) is 0 Å².